The summed E-state index contributed by atoms with van der Waals surface area (Å²) in [7, 11) is 0. The fourth-order valence-corrected chi connectivity index (χ4v) is 3.19. The SMILES string of the molecule is Cc1cc(-c2noc(CCC(=O)N3CCCC3(C)C(=O)O)n2)ccc1F. The zero-order chi connectivity index (χ0) is 18.9. The Labute approximate surface area is 149 Å². The molecule has 2 heterocycles. The molecule has 0 spiro atoms. The van der Waals surface area contributed by atoms with Crippen LogP contribution in [0.2, 0.25) is 0 Å². The lowest BCUT2D eigenvalue weighted by Crippen LogP contribution is -2.50. The van der Waals surface area contributed by atoms with E-state index in [1.807, 2.05) is 0 Å². The number of aromatic nitrogens is 2. The van der Waals surface area contributed by atoms with Crippen molar-refractivity contribution >= 4 is 11.9 Å². The molecule has 0 bridgehead atoms. The monoisotopic (exact) mass is 361 g/mol. The van der Waals surface area contributed by atoms with E-state index in [4.69, 9.17) is 4.52 Å². The summed E-state index contributed by atoms with van der Waals surface area (Å²) in [5, 5.41) is 13.2. The van der Waals surface area contributed by atoms with Gasteiger partial charge in [0.2, 0.25) is 17.6 Å². The summed E-state index contributed by atoms with van der Waals surface area (Å²) < 4.78 is 18.5. The van der Waals surface area contributed by atoms with Gasteiger partial charge in [0.05, 0.1) is 0 Å². The average Bonchev–Trinajstić information content (AvgIpc) is 3.23. The molecule has 1 fully saturated rings. The number of carboxylic acids is 1. The first kappa shape index (κ1) is 18.0. The molecule has 1 atom stereocenters. The molecule has 1 aromatic carbocycles. The number of aryl methyl sites for hydroxylation is 2. The van der Waals surface area contributed by atoms with Gasteiger partial charge in [-0.15, -0.1) is 0 Å². The van der Waals surface area contributed by atoms with E-state index in [9.17, 15) is 19.1 Å². The Bertz CT molecular complexity index is 851. The smallest absolute Gasteiger partial charge is 0.329 e. The molecule has 3 rings (SSSR count). The highest BCUT2D eigenvalue weighted by atomic mass is 19.1. The predicted octanol–water partition coefficient (Wildman–Crippen LogP) is 2.58. The van der Waals surface area contributed by atoms with Crippen LogP contribution in [0.25, 0.3) is 11.4 Å². The molecule has 138 valence electrons. The minimum atomic E-state index is -1.15. The van der Waals surface area contributed by atoms with Crippen molar-refractivity contribution in [3.8, 4) is 11.4 Å². The third-order valence-electron chi connectivity index (χ3n) is 4.84. The van der Waals surface area contributed by atoms with Crippen LogP contribution < -0.4 is 0 Å². The van der Waals surface area contributed by atoms with Gasteiger partial charge in [-0.2, -0.15) is 4.98 Å². The van der Waals surface area contributed by atoms with Gasteiger partial charge in [0, 0.05) is 24.9 Å². The maximum atomic E-state index is 13.3. The van der Waals surface area contributed by atoms with Crippen molar-refractivity contribution in [3.05, 3.63) is 35.5 Å². The van der Waals surface area contributed by atoms with Crippen molar-refractivity contribution in [2.45, 2.75) is 45.1 Å². The molecule has 1 saturated heterocycles. The first-order valence-electron chi connectivity index (χ1n) is 8.44. The number of amides is 1. The molecule has 26 heavy (non-hydrogen) atoms. The molecule has 1 aromatic heterocycles. The summed E-state index contributed by atoms with van der Waals surface area (Å²) >= 11 is 0. The number of rotatable bonds is 5. The van der Waals surface area contributed by atoms with Gasteiger partial charge in [-0.25, -0.2) is 9.18 Å². The standard InChI is InChI=1S/C18H20FN3O4/c1-11-10-12(4-5-13(11)19)16-20-14(26-21-16)6-7-15(23)22-9-3-8-18(22,2)17(24)25/h4-5,10H,3,6-9H2,1-2H3,(H,24,25). The molecule has 1 aliphatic rings. The summed E-state index contributed by atoms with van der Waals surface area (Å²) in [5.74, 6) is -0.936. The molecule has 1 amide bonds. The number of carboxylic acid groups (broad SMARTS) is 1. The predicted molar refractivity (Wildman–Crippen MR) is 89.7 cm³/mol. The lowest BCUT2D eigenvalue weighted by atomic mass is 9.99. The van der Waals surface area contributed by atoms with Gasteiger partial charge in [0.25, 0.3) is 0 Å². The summed E-state index contributed by atoms with van der Waals surface area (Å²) in [4.78, 5) is 29.5. The van der Waals surface area contributed by atoms with Crippen LogP contribution in [0.1, 0.15) is 37.6 Å². The van der Waals surface area contributed by atoms with Gasteiger partial charge < -0.3 is 14.5 Å². The summed E-state index contributed by atoms with van der Waals surface area (Å²) in [5.41, 5.74) is -0.0443. The molecular weight excluding hydrogens is 341 g/mol. The van der Waals surface area contributed by atoms with Crippen LogP contribution in [0.4, 0.5) is 4.39 Å². The number of nitrogens with zero attached hydrogens (tertiary/aromatic N) is 3. The molecule has 1 aliphatic heterocycles. The molecule has 1 N–H and O–H groups in total. The molecule has 7 nitrogen and oxygen atoms in total. The van der Waals surface area contributed by atoms with E-state index in [1.165, 1.54) is 11.0 Å². The fraction of sp³-hybridized carbons (Fsp3) is 0.444. The maximum Gasteiger partial charge on any atom is 0.329 e. The van der Waals surface area contributed by atoms with E-state index < -0.39 is 11.5 Å². The number of hydrogen-bond donors (Lipinski definition) is 1. The van der Waals surface area contributed by atoms with Crippen molar-refractivity contribution < 1.29 is 23.6 Å². The van der Waals surface area contributed by atoms with Crippen LogP contribution in [-0.4, -0.2) is 44.1 Å². The molecule has 8 heteroatoms. The number of hydrogen-bond acceptors (Lipinski definition) is 5. The number of benzene rings is 1. The van der Waals surface area contributed by atoms with Crippen molar-refractivity contribution in [3.63, 3.8) is 0 Å². The molecule has 0 saturated carbocycles. The van der Waals surface area contributed by atoms with Gasteiger partial charge in [-0.3, -0.25) is 4.79 Å². The summed E-state index contributed by atoms with van der Waals surface area (Å²) in [6.07, 6.45) is 1.43. The Kier molecular flexibility index (Phi) is 4.76. The summed E-state index contributed by atoms with van der Waals surface area (Å²) in [6, 6.07) is 4.52. The topological polar surface area (TPSA) is 96.5 Å². The van der Waals surface area contributed by atoms with Gasteiger partial charge >= 0.3 is 5.97 Å². The number of halogens is 1. The van der Waals surface area contributed by atoms with Gasteiger partial charge in [-0.05, 0) is 50.5 Å². The van der Waals surface area contributed by atoms with E-state index in [-0.39, 0.29) is 30.5 Å². The molecule has 1 unspecified atom stereocenters. The van der Waals surface area contributed by atoms with Crippen LogP contribution in [-0.2, 0) is 16.0 Å². The van der Waals surface area contributed by atoms with Gasteiger partial charge in [-0.1, -0.05) is 5.16 Å². The molecule has 0 aliphatic carbocycles. The van der Waals surface area contributed by atoms with E-state index in [2.05, 4.69) is 10.1 Å². The minimum absolute atomic E-state index is 0.0902. The Morgan fingerprint density at radius 3 is 2.88 bits per heavy atom. The first-order chi connectivity index (χ1) is 12.3. The second-order valence-electron chi connectivity index (χ2n) is 6.70. The molecular formula is C18H20FN3O4. The van der Waals surface area contributed by atoms with Crippen molar-refractivity contribution in [2.75, 3.05) is 6.54 Å². The zero-order valence-corrected chi connectivity index (χ0v) is 14.7. The third kappa shape index (κ3) is 3.31. The van der Waals surface area contributed by atoms with Crippen LogP contribution in [0.15, 0.2) is 22.7 Å². The largest absolute Gasteiger partial charge is 0.480 e. The Morgan fingerprint density at radius 1 is 1.42 bits per heavy atom. The number of likely N-dealkylation sites (tertiary alicyclic amines) is 1. The van der Waals surface area contributed by atoms with Gasteiger partial charge in [0.1, 0.15) is 11.4 Å². The molecule has 2 aromatic rings. The normalized spacial score (nSPS) is 19.7. The zero-order valence-electron chi connectivity index (χ0n) is 14.7. The second kappa shape index (κ2) is 6.86. The quantitative estimate of drug-likeness (QED) is 0.879. The Hall–Kier alpha value is -2.77. The lowest BCUT2D eigenvalue weighted by Gasteiger charge is -2.31. The van der Waals surface area contributed by atoms with Crippen molar-refractivity contribution in [1.82, 2.24) is 15.0 Å². The van der Waals surface area contributed by atoms with Crippen molar-refractivity contribution in [2.24, 2.45) is 0 Å². The second-order valence-corrected chi connectivity index (χ2v) is 6.70. The lowest BCUT2D eigenvalue weighted by molar-refractivity contribution is -0.155. The van der Waals surface area contributed by atoms with E-state index in [1.54, 1.807) is 26.0 Å². The molecule has 0 radical (unpaired) electrons. The third-order valence-corrected chi connectivity index (χ3v) is 4.84. The fourth-order valence-electron chi connectivity index (χ4n) is 3.19. The number of aliphatic carboxylic acids is 1. The number of carbonyl (C=O) groups excluding carboxylic acids is 1. The Balaban J connectivity index is 1.65. The van der Waals surface area contributed by atoms with Crippen LogP contribution in [0, 0.1) is 12.7 Å². The van der Waals surface area contributed by atoms with Crippen molar-refractivity contribution in [1.29, 1.82) is 0 Å². The van der Waals surface area contributed by atoms with Crippen LogP contribution in [0.5, 0.6) is 0 Å². The first-order valence-corrected chi connectivity index (χ1v) is 8.44. The van der Waals surface area contributed by atoms with Crippen LogP contribution >= 0.6 is 0 Å². The highest BCUT2D eigenvalue weighted by Crippen LogP contribution is 2.30. The Morgan fingerprint density at radius 2 is 2.19 bits per heavy atom. The average molecular weight is 361 g/mol. The summed E-state index contributed by atoms with van der Waals surface area (Å²) in [6.45, 7) is 3.65. The minimum Gasteiger partial charge on any atom is -0.480 e. The maximum absolute atomic E-state index is 13.3. The highest BCUT2D eigenvalue weighted by molar-refractivity contribution is 5.87. The van der Waals surface area contributed by atoms with E-state index in [0.29, 0.717) is 36.3 Å². The van der Waals surface area contributed by atoms with E-state index >= 15 is 0 Å². The highest BCUT2D eigenvalue weighted by Gasteiger charge is 2.45. The van der Waals surface area contributed by atoms with Gasteiger partial charge in [0.15, 0.2) is 0 Å². The van der Waals surface area contributed by atoms with E-state index in [0.717, 1.165) is 0 Å². The van der Waals surface area contributed by atoms with Crippen LogP contribution in [0.3, 0.4) is 0 Å². The number of carbonyl (C=O) groups is 2.